The predicted octanol–water partition coefficient (Wildman–Crippen LogP) is 3.36. The first-order chi connectivity index (χ1) is 7.05. The van der Waals surface area contributed by atoms with Crippen LogP contribution in [0.1, 0.15) is 31.6 Å². The summed E-state index contributed by atoms with van der Waals surface area (Å²) in [5.41, 5.74) is 7.95. The quantitative estimate of drug-likeness (QED) is 0.761. The van der Waals surface area contributed by atoms with Crippen LogP contribution in [0.4, 0.5) is 0 Å². The second-order valence-electron chi connectivity index (χ2n) is 5.29. The summed E-state index contributed by atoms with van der Waals surface area (Å²) in [6.07, 6.45) is 5.67. The average molecular weight is 221 g/mol. The molecule has 1 aromatic rings. The van der Waals surface area contributed by atoms with E-state index < -0.39 is 0 Å². The van der Waals surface area contributed by atoms with Crippen LogP contribution in [0, 0.1) is 5.41 Å². The average Bonchev–Trinajstić information content (AvgIpc) is 2.52. The zero-order chi connectivity index (χ0) is 10.9. The fraction of sp³-hybridized carbons (Fsp3) is 0.538. The summed E-state index contributed by atoms with van der Waals surface area (Å²) in [5.74, 6) is 0. The predicted molar refractivity (Wildman–Crippen MR) is 67.1 cm³/mol. The molecule has 1 aromatic heterocycles. The van der Waals surface area contributed by atoms with E-state index in [1.165, 1.54) is 16.9 Å². The Bertz CT molecular complexity index is 349. The molecule has 0 saturated carbocycles. The molecule has 1 aliphatic rings. The van der Waals surface area contributed by atoms with Gasteiger partial charge in [-0.3, -0.25) is 0 Å². The lowest BCUT2D eigenvalue weighted by molar-refractivity contribution is 0.299. The van der Waals surface area contributed by atoms with Crippen molar-refractivity contribution in [3.8, 4) is 0 Å². The van der Waals surface area contributed by atoms with Crippen LogP contribution < -0.4 is 5.73 Å². The summed E-state index contributed by atoms with van der Waals surface area (Å²) in [6.45, 7) is 4.63. The normalized spacial score (nSPS) is 25.0. The van der Waals surface area contributed by atoms with Crippen LogP contribution in [0.15, 0.2) is 29.2 Å². The van der Waals surface area contributed by atoms with Gasteiger partial charge in [-0.2, -0.15) is 0 Å². The molecule has 0 aliphatic heterocycles. The molecule has 1 unspecified atom stereocenters. The Morgan fingerprint density at radius 3 is 2.93 bits per heavy atom. The van der Waals surface area contributed by atoms with Gasteiger partial charge in [0.2, 0.25) is 0 Å². The molecule has 0 radical (unpaired) electrons. The maximum absolute atomic E-state index is 6.06. The second-order valence-corrected chi connectivity index (χ2v) is 6.32. The third-order valence-electron chi connectivity index (χ3n) is 2.93. The van der Waals surface area contributed by atoms with E-state index >= 15 is 0 Å². The van der Waals surface area contributed by atoms with Gasteiger partial charge in [0.25, 0.3) is 0 Å². The van der Waals surface area contributed by atoms with Crippen LogP contribution in [0.3, 0.4) is 0 Å². The van der Waals surface area contributed by atoms with Crippen molar-refractivity contribution in [3.05, 3.63) is 34.0 Å². The first-order valence-electron chi connectivity index (χ1n) is 5.53. The summed E-state index contributed by atoms with van der Waals surface area (Å²) < 4.78 is 0. The van der Waals surface area contributed by atoms with Gasteiger partial charge in [0.05, 0.1) is 0 Å². The van der Waals surface area contributed by atoms with Crippen LogP contribution in [-0.4, -0.2) is 6.04 Å². The Hall–Kier alpha value is -0.600. The standard InChI is InChI=1S/C13H19NS/c1-13(2)8-10(6-11(14)9-13)7-12-4-3-5-15-12/h3-6,11H,7-9,14H2,1-2H3. The summed E-state index contributed by atoms with van der Waals surface area (Å²) >= 11 is 1.84. The Balaban J connectivity index is 2.09. The minimum absolute atomic E-state index is 0.253. The fourth-order valence-corrected chi connectivity index (χ4v) is 3.26. The smallest absolute Gasteiger partial charge is 0.0231 e. The van der Waals surface area contributed by atoms with Crippen molar-refractivity contribution < 1.29 is 0 Å². The van der Waals surface area contributed by atoms with Gasteiger partial charge in [0.15, 0.2) is 0 Å². The van der Waals surface area contributed by atoms with Gasteiger partial charge in [-0.05, 0) is 29.7 Å². The topological polar surface area (TPSA) is 26.0 Å². The molecule has 1 heterocycles. The fourth-order valence-electron chi connectivity index (χ4n) is 2.50. The van der Waals surface area contributed by atoms with Crippen LogP contribution in [0.5, 0.6) is 0 Å². The number of allylic oxidation sites excluding steroid dienone is 1. The van der Waals surface area contributed by atoms with Crippen molar-refractivity contribution in [2.45, 2.75) is 39.2 Å². The van der Waals surface area contributed by atoms with E-state index in [9.17, 15) is 0 Å². The Morgan fingerprint density at radius 1 is 1.53 bits per heavy atom. The highest BCUT2D eigenvalue weighted by Crippen LogP contribution is 2.36. The molecular weight excluding hydrogens is 202 g/mol. The molecular formula is C13H19NS. The molecule has 2 heteroatoms. The van der Waals surface area contributed by atoms with E-state index in [-0.39, 0.29) is 6.04 Å². The molecule has 1 aliphatic carbocycles. The molecule has 82 valence electrons. The number of rotatable bonds is 2. The monoisotopic (exact) mass is 221 g/mol. The van der Waals surface area contributed by atoms with Crippen molar-refractivity contribution in [2.24, 2.45) is 11.1 Å². The van der Waals surface area contributed by atoms with Gasteiger partial charge >= 0.3 is 0 Å². The van der Waals surface area contributed by atoms with Crippen LogP contribution in [0.2, 0.25) is 0 Å². The highest BCUT2D eigenvalue weighted by atomic mass is 32.1. The molecule has 2 rings (SSSR count). The first-order valence-corrected chi connectivity index (χ1v) is 6.41. The summed E-state index contributed by atoms with van der Waals surface area (Å²) in [4.78, 5) is 1.45. The van der Waals surface area contributed by atoms with Gasteiger partial charge in [0.1, 0.15) is 0 Å². The molecule has 0 aromatic carbocycles. The molecule has 15 heavy (non-hydrogen) atoms. The van der Waals surface area contributed by atoms with E-state index in [4.69, 9.17) is 5.73 Å². The molecule has 1 atom stereocenters. The maximum Gasteiger partial charge on any atom is 0.0231 e. The first kappa shape index (κ1) is 10.9. The van der Waals surface area contributed by atoms with Crippen LogP contribution in [0.25, 0.3) is 0 Å². The second kappa shape index (κ2) is 4.11. The minimum Gasteiger partial charge on any atom is -0.324 e. The molecule has 0 saturated heterocycles. The summed E-state index contributed by atoms with van der Waals surface area (Å²) in [6, 6.07) is 4.58. The molecule has 2 N–H and O–H groups in total. The lowest BCUT2D eigenvalue weighted by Crippen LogP contribution is -2.31. The molecule has 0 bridgehead atoms. The highest BCUT2D eigenvalue weighted by molar-refractivity contribution is 7.09. The zero-order valence-corrected chi connectivity index (χ0v) is 10.3. The molecule has 1 nitrogen and oxygen atoms in total. The van der Waals surface area contributed by atoms with Crippen molar-refractivity contribution in [2.75, 3.05) is 0 Å². The van der Waals surface area contributed by atoms with E-state index in [0.717, 1.165) is 12.8 Å². The third-order valence-corrected chi connectivity index (χ3v) is 3.80. The van der Waals surface area contributed by atoms with Gasteiger partial charge in [-0.1, -0.05) is 31.6 Å². The van der Waals surface area contributed by atoms with E-state index in [1.807, 2.05) is 11.3 Å². The van der Waals surface area contributed by atoms with Gasteiger partial charge < -0.3 is 5.73 Å². The Labute approximate surface area is 96.0 Å². The Kier molecular flexibility index (Phi) is 2.98. The maximum atomic E-state index is 6.06. The lowest BCUT2D eigenvalue weighted by atomic mass is 9.75. The largest absolute Gasteiger partial charge is 0.324 e. The molecule has 0 amide bonds. The highest BCUT2D eigenvalue weighted by Gasteiger charge is 2.26. The summed E-state index contributed by atoms with van der Waals surface area (Å²) in [7, 11) is 0. The van der Waals surface area contributed by atoms with Crippen molar-refractivity contribution in [1.29, 1.82) is 0 Å². The van der Waals surface area contributed by atoms with Crippen LogP contribution >= 0.6 is 11.3 Å². The number of thiophene rings is 1. The molecule has 0 spiro atoms. The third kappa shape index (κ3) is 2.93. The van der Waals surface area contributed by atoms with E-state index in [0.29, 0.717) is 5.41 Å². The van der Waals surface area contributed by atoms with Crippen molar-refractivity contribution in [1.82, 2.24) is 0 Å². The van der Waals surface area contributed by atoms with Gasteiger partial charge in [-0.25, -0.2) is 0 Å². The lowest BCUT2D eigenvalue weighted by Gasteiger charge is -2.33. The number of nitrogens with two attached hydrogens (primary N) is 1. The van der Waals surface area contributed by atoms with Crippen LogP contribution in [-0.2, 0) is 6.42 Å². The number of hydrogen-bond donors (Lipinski definition) is 1. The summed E-state index contributed by atoms with van der Waals surface area (Å²) in [5, 5.41) is 2.14. The number of hydrogen-bond acceptors (Lipinski definition) is 2. The van der Waals surface area contributed by atoms with Gasteiger partial charge in [0, 0.05) is 17.3 Å². The molecule has 0 fully saturated rings. The SMILES string of the molecule is CC1(C)CC(Cc2cccs2)=CC(N)C1. The van der Waals surface area contributed by atoms with Crippen molar-refractivity contribution in [3.63, 3.8) is 0 Å². The van der Waals surface area contributed by atoms with Crippen molar-refractivity contribution >= 4 is 11.3 Å². The van der Waals surface area contributed by atoms with E-state index in [1.54, 1.807) is 0 Å². The minimum atomic E-state index is 0.253. The van der Waals surface area contributed by atoms with Gasteiger partial charge in [-0.15, -0.1) is 11.3 Å². The zero-order valence-electron chi connectivity index (χ0n) is 9.49. The van der Waals surface area contributed by atoms with E-state index in [2.05, 4.69) is 37.4 Å². The Morgan fingerprint density at radius 2 is 2.33 bits per heavy atom.